The molecule has 94 valence electrons. The topological polar surface area (TPSA) is 76.2 Å². The smallest absolute Gasteiger partial charge is 0.435 e. The number of hydrogen-bond donors (Lipinski definition) is 2. The fourth-order valence-corrected chi connectivity index (χ4v) is 1.17. The van der Waals surface area contributed by atoms with E-state index in [4.69, 9.17) is 10.8 Å². The molecule has 0 bridgehead atoms. The molecule has 9 heteroatoms. The highest BCUT2D eigenvalue weighted by molar-refractivity contribution is 5.91. The maximum absolute atomic E-state index is 12.5. The first-order chi connectivity index (χ1) is 7.66. The second kappa shape index (κ2) is 4.15. The van der Waals surface area contributed by atoms with Crippen LogP contribution in [-0.4, -0.2) is 16.1 Å². The molecule has 0 aliphatic rings. The molecule has 4 nitrogen and oxygen atoms in total. The SMILES string of the molecule is Nc1c(C(F)(F)F)ncc(C(=O)O)c1C(F)F. The number of halogens is 5. The number of rotatable bonds is 2. The summed E-state index contributed by atoms with van der Waals surface area (Å²) in [5.41, 5.74) is -0.635. The number of alkyl halides is 5. The van der Waals surface area contributed by atoms with E-state index in [9.17, 15) is 26.7 Å². The zero-order valence-corrected chi connectivity index (χ0v) is 7.92. The molecule has 1 heterocycles. The molecular weight excluding hydrogens is 251 g/mol. The van der Waals surface area contributed by atoms with Gasteiger partial charge in [0.15, 0.2) is 5.69 Å². The van der Waals surface area contributed by atoms with Crippen LogP contribution in [0.5, 0.6) is 0 Å². The second-order valence-electron chi connectivity index (χ2n) is 2.95. The molecule has 0 saturated heterocycles. The Morgan fingerprint density at radius 2 is 1.94 bits per heavy atom. The van der Waals surface area contributed by atoms with Crippen molar-refractivity contribution in [2.75, 3.05) is 5.73 Å². The third-order valence-corrected chi connectivity index (χ3v) is 1.88. The highest BCUT2D eigenvalue weighted by Gasteiger charge is 2.38. The van der Waals surface area contributed by atoms with Gasteiger partial charge >= 0.3 is 12.1 Å². The fraction of sp³-hybridized carbons (Fsp3) is 0.250. The van der Waals surface area contributed by atoms with Crippen LogP contribution in [0.25, 0.3) is 0 Å². The number of hydrogen-bond acceptors (Lipinski definition) is 3. The van der Waals surface area contributed by atoms with Crippen LogP contribution in [0.1, 0.15) is 28.0 Å². The molecule has 17 heavy (non-hydrogen) atoms. The molecule has 1 aromatic heterocycles. The van der Waals surface area contributed by atoms with E-state index < -0.39 is 41.1 Å². The third-order valence-electron chi connectivity index (χ3n) is 1.88. The van der Waals surface area contributed by atoms with Gasteiger partial charge in [-0.05, 0) is 0 Å². The van der Waals surface area contributed by atoms with Crippen LogP contribution in [0, 0.1) is 0 Å². The maximum Gasteiger partial charge on any atom is 0.435 e. The van der Waals surface area contributed by atoms with Gasteiger partial charge in [0.2, 0.25) is 0 Å². The zero-order valence-electron chi connectivity index (χ0n) is 7.92. The summed E-state index contributed by atoms with van der Waals surface area (Å²) in [6.45, 7) is 0. The maximum atomic E-state index is 12.5. The lowest BCUT2D eigenvalue weighted by Crippen LogP contribution is -2.17. The van der Waals surface area contributed by atoms with Crippen LogP contribution in [0.3, 0.4) is 0 Å². The van der Waals surface area contributed by atoms with Gasteiger partial charge in [-0.2, -0.15) is 13.2 Å². The van der Waals surface area contributed by atoms with Gasteiger partial charge in [0.1, 0.15) is 0 Å². The lowest BCUT2D eigenvalue weighted by Gasteiger charge is -2.14. The van der Waals surface area contributed by atoms with Gasteiger partial charge in [-0.3, -0.25) is 0 Å². The van der Waals surface area contributed by atoms with Crippen LogP contribution in [-0.2, 0) is 6.18 Å². The highest BCUT2D eigenvalue weighted by atomic mass is 19.4. The Morgan fingerprint density at radius 3 is 2.29 bits per heavy atom. The van der Waals surface area contributed by atoms with Crippen molar-refractivity contribution in [1.82, 2.24) is 4.98 Å². The molecule has 1 aromatic rings. The minimum Gasteiger partial charge on any atom is -0.478 e. The summed E-state index contributed by atoms with van der Waals surface area (Å²) in [4.78, 5) is 13.3. The standard InChI is InChI=1S/C8H5F5N2O2/c9-6(10)3-2(7(16)17)1-15-5(4(3)14)8(11,12)13/h1,6H,14H2,(H,16,17). The Balaban J connectivity index is 3.55. The van der Waals surface area contributed by atoms with Crippen molar-refractivity contribution in [3.8, 4) is 0 Å². The first-order valence-electron chi connectivity index (χ1n) is 4.03. The van der Waals surface area contributed by atoms with Crippen molar-refractivity contribution in [3.05, 3.63) is 23.0 Å². The van der Waals surface area contributed by atoms with E-state index in [1.165, 1.54) is 0 Å². The molecular formula is C8H5F5N2O2. The molecule has 0 amide bonds. The van der Waals surface area contributed by atoms with Gasteiger partial charge in [0.05, 0.1) is 16.8 Å². The van der Waals surface area contributed by atoms with E-state index in [2.05, 4.69) is 4.98 Å². The fourth-order valence-electron chi connectivity index (χ4n) is 1.17. The average molecular weight is 256 g/mol. The van der Waals surface area contributed by atoms with Crippen LogP contribution in [0.15, 0.2) is 6.20 Å². The van der Waals surface area contributed by atoms with Gasteiger partial charge < -0.3 is 10.8 Å². The Morgan fingerprint density at radius 1 is 1.41 bits per heavy atom. The number of nitrogen functional groups attached to an aromatic ring is 1. The van der Waals surface area contributed by atoms with Crippen LogP contribution in [0.2, 0.25) is 0 Å². The van der Waals surface area contributed by atoms with Gasteiger partial charge in [-0.1, -0.05) is 0 Å². The summed E-state index contributed by atoms with van der Waals surface area (Å²) in [5, 5.41) is 8.52. The Hall–Kier alpha value is -1.93. The number of carboxylic acid groups (broad SMARTS) is 1. The lowest BCUT2D eigenvalue weighted by molar-refractivity contribution is -0.140. The third kappa shape index (κ3) is 2.43. The van der Waals surface area contributed by atoms with Crippen LogP contribution >= 0.6 is 0 Å². The van der Waals surface area contributed by atoms with Crippen LogP contribution < -0.4 is 5.73 Å². The molecule has 0 atom stereocenters. The quantitative estimate of drug-likeness (QED) is 0.796. The first kappa shape index (κ1) is 13.1. The van der Waals surface area contributed by atoms with Crippen LogP contribution in [0.4, 0.5) is 27.6 Å². The van der Waals surface area contributed by atoms with Gasteiger partial charge in [-0.25, -0.2) is 18.6 Å². The largest absolute Gasteiger partial charge is 0.478 e. The number of anilines is 1. The molecule has 0 aliphatic carbocycles. The minimum absolute atomic E-state index is 0.211. The summed E-state index contributed by atoms with van der Waals surface area (Å²) in [6, 6.07) is 0. The Labute approximate surface area is 90.9 Å². The van der Waals surface area contributed by atoms with E-state index in [0.717, 1.165) is 0 Å². The molecule has 0 unspecified atom stereocenters. The molecule has 3 N–H and O–H groups in total. The summed E-state index contributed by atoms with van der Waals surface area (Å²) in [5.74, 6) is -1.83. The van der Waals surface area contributed by atoms with Crippen molar-refractivity contribution in [1.29, 1.82) is 0 Å². The van der Waals surface area contributed by atoms with Gasteiger partial charge in [0, 0.05) is 6.20 Å². The normalized spacial score (nSPS) is 11.9. The number of nitrogens with two attached hydrogens (primary N) is 1. The highest BCUT2D eigenvalue weighted by Crippen LogP contribution is 2.37. The van der Waals surface area contributed by atoms with E-state index in [0.29, 0.717) is 0 Å². The van der Waals surface area contributed by atoms with Crippen molar-refractivity contribution in [2.24, 2.45) is 0 Å². The van der Waals surface area contributed by atoms with Gasteiger partial charge in [0.25, 0.3) is 6.43 Å². The predicted molar refractivity (Wildman–Crippen MR) is 45.6 cm³/mol. The number of aromatic nitrogens is 1. The zero-order chi connectivity index (χ0) is 13.4. The molecule has 0 aromatic carbocycles. The summed E-state index contributed by atoms with van der Waals surface area (Å²) < 4.78 is 61.8. The van der Waals surface area contributed by atoms with Crippen molar-refractivity contribution in [2.45, 2.75) is 12.6 Å². The van der Waals surface area contributed by atoms with E-state index in [1.807, 2.05) is 0 Å². The van der Waals surface area contributed by atoms with Crippen molar-refractivity contribution in [3.63, 3.8) is 0 Å². The van der Waals surface area contributed by atoms with Gasteiger partial charge in [-0.15, -0.1) is 0 Å². The molecule has 0 spiro atoms. The summed E-state index contributed by atoms with van der Waals surface area (Å²) >= 11 is 0. The predicted octanol–water partition coefficient (Wildman–Crippen LogP) is 2.32. The minimum atomic E-state index is -5.02. The molecule has 0 radical (unpaired) electrons. The Bertz CT molecular complexity index is 458. The summed E-state index contributed by atoms with van der Waals surface area (Å²) in [6.07, 6.45) is -8.25. The molecule has 0 aliphatic heterocycles. The molecule has 0 fully saturated rings. The number of aromatic carboxylic acids is 1. The summed E-state index contributed by atoms with van der Waals surface area (Å²) in [7, 11) is 0. The number of carbonyl (C=O) groups is 1. The Kier molecular flexibility index (Phi) is 3.21. The number of pyridine rings is 1. The monoisotopic (exact) mass is 256 g/mol. The average Bonchev–Trinajstić information content (AvgIpc) is 2.13. The van der Waals surface area contributed by atoms with E-state index in [-0.39, 0.29) is 6.20 Å². The molecule has 0 saturated carbocycles. The van der Waals surface area contributed by atoms with Crippen molar-refractivity contribution < 1.29 is 31.9 Å². The second-order valence-corrected chi connectivity index (χ2v) is 2.95. The number of carboxylic acids is 1. The van der Waals surface area contributed by atoms with E-state index in [1.54, 1.807) is 0 Å². The van der Waals surface area contributed by atoms with Crippen molar-refractivity contribution >= 4 is 11.7 Å². The molecule has 1 rings (SSSR count). The first-order valence-corrected chi connectivity index (χ1v) is 4.03. The van der Waals surface area contributed by atoms with E-state index >= 15 is 0 Å². The number of nitrogens with zero attached hydrogens (tertiary/aromatic N) is 1. The lowest BCUT2D eigenvalue weighted by atomic mass is 10.1.